The Morgan fingerprint density at radius 3 is 2.71 bits per heavy atom. The molecule has 1 N–H and O–H groups in total. The van der Waals surface area contributed by atoms with E-state index in [2.05, 4.69) is 32.2 Å². The predicted molar refractivity (Wildman–Crippen MR) is 69.7 cm³/mol. The van der Waals surface area contributed by atoms with E-state index in [1.807, 2.05) is 12.1 Å². The highest BCUT2D eigenvalue weighted by Crippen LogP contribution is 2.31. The molecule has 0 unspecified atom stereocenters. The Morgan fingerprint density at radius 2 is 2.12 bits per heavy atom. The SMILES string of the molecule is COc1ccc(C)cc1C(C)(C)CNCC=O. The summed E-state index contributed by atoms with van der Waals surface area (Å²) in [4.78, 5) is 10.3. The maximum absolute atomic E-state index is 10.3. The van der Waals surface area contributed by atoms with Gasteiger partial charge < -0.3 is 14.8 Å². The van der Waals surface area contributed by atoms with Gasteiger partial charge in [-0.25, -0.2) is 0 Å². The average Bonchev–Trinajstić information content (AvgIpc) is 2.29. The molecule has 0 saturated carbocycles. The third-order valence-electron chi connectivity index (χ3n) is 2.88. The van der Waals surface area contributed by atoms with Crippen LogP contribution in [0, 0.1) is 6.92 Å². The van der Waals surface area contributed by atoms with E-state index in [1.54, 1.807) is 7.11 Å². The van der Waals surface area contributed by atoms with E-state index in [0.717, 1.165) is 18.6 Å². The average molecular weight is 235 g/mol. The molecular formula is C14H21NO2. The number of rotatable bonds is 6. The largest absolute Gasteiger partial charge is 0.496 e. The van der Waals surface area contributed by atoms with Crippen molar-refractivity contribution in [1.29, 1.82) is 0 Å². The predicted octanol–water partition coefficient (Wildman–Crippen LogP) is 2.07. The van der Waals surface area contributed by atoms with E-state index < -0.39 is 0 Å². The number of ether oxygens (including phenoxy) is 1. The second-order valence-electron chi connectivity index (χ2n) is 4.89. The molecule has 1 aromatic carbocycles. The molecule has 0 spiro atoms. The number of carbonyl (C=O) groups excluding carboxylic acids is 1. The van der Waals surface area contributed by atoms with Crippen molar-refractivity contribution in [2.45, 2.75) is 26.2 Å². The highest BCUT2D eigenvalue weighted by molar-refractivity contribution is 5.52. The van der Waals surface area contributed by atoms with Gasteiger partial charge in [-0.05, 0) is 13.0 Å². The van der Waals surface area contributed by atoms with E-state index in [4.69, 9.17) is 4.74 Å². The molecule has 1 rings (SSSR count). The lowest BCUT2D eigenvalue weighted by Crippen LogP contribution is -2.34. The van der Waals surface area contributed by atoms with Crippen molar-refractivity contribution in [3.05, 3.63) is 29.3 Å². The molecule has 94 valence electrons. The van der Waals surface area contributed by atoms with Gasteiger partial charge in [0.2, 0.25) is 0 Å². The molecular weight excluding hydrogens is 214 g/mol. The fraction of sp³-hybridized carbons (Fsp3) is 0.500. The Kier molecular flexibility index (Phi) is 4.70. The van der Waals surface area contributed by atoms with Crippen LogP contribution < -0.4 is 10.1 Å². The zero-order valence-electron chi connectivity index (χ0n) is 11.0. The van der Waals surface area contributed by atoms with E-state index in [-0.39, 0.29) is 5.41 Å². The van der Waals surface area contributed by atoms with Gasteiger partial charge in [-0.3, -0.25) is 0 Å². The molecule has 0 fully saturated rings. The summed E-state index contributed by atoms with van der Waals surface area (Å²) in [5.41, 5.74) is 2.31. The molecule has 3 heteroatoms. The monoisotopic (exact) mass is 235 g/mol. The number of benzene rings is 1. The zero-order chi connectivity index (χ0) is 12.9. The topological polar surface area (TPSA) is 38.3 Å². The van der Waals surface area contributed by atoms with Crippen LogP contribution in [0.4, 0.5) is 0 Å². The van der Waals surface area contributed by atoms with Crippen LogP contribution in [0.5, 0.6) is 5.75 Å². The normalized spacial score (nSPS) is 11.3. The molecule has 3 nitrogen and oxygen atoms in total. The first-order chi connectivity index (χ1) is 8.01. The fourth-order valence-electron chi connectivity index (χ4n) is 1.89. The van der Waals surface area contributed by atoms with Gasteiger partial charge in [-0.2, -0.15) is 0 Å². The van der Waals surface area contributed by atoms with Crippen LogP contribution in [-0.2, 0) is 10.2 Å². The standard InChI is InChI=1S/C14H21NO2/c1-11-5-6-13(17-4)12(9-11)14(2,3)10-15-7-8-16/h5-6,8-9,15H,7,10H2,1-4H3. The van der Waals surface area contributed by atoms with Gasteiger partial charge in [0.1, 0.15) is 12.0 Å². The van der Waals surface area contributed by atoms with E-state index in [0.29, 0.717) is 6.54 Å². The number of carbonyl (C=O) groups is 1. The summed E-state index contributed by atoms with van der Waals surface area (Å²) < 4.78 is 5.40. The summed E-state index contributed by atoms with van der Waals surface area (Å²) in [6.07, 6.45) is 0.879. The fourth-order valence-corrected chi connectivity index (χ4v) is 1.89. The van der Waals surface area contributed by atoms with Crippen molar-refractivity contribution < 1.29 is 9.53 Å². The lowest BCUT2D eigenvalue weighted by molar-refractivity contribution is -0.107. The van der Waals surface area contributed by atoms with Crippen molar-refractivity contribution in [3.8, 4) is 5.75 Å². The van der Waals surface area contributed by atoms with Crippen LogP contribution >= 0.6 is 0 Å². The van der Waals surface area contributed by atoms with Gasteiger partial charge in [0.05, 0.1) is 13.7 Å². The second kappa shape index (κ2) is 5.82. The van der Waals surface area contributed by atoms with Gasteiger partial charge in [-0.15, -0.1) is 0 Å². The summed E-state index contributed by atoms with van der Waals surface area (Å²) in [5.74, 6) is 0.897. The molecule has 0 saturated heterocycles. The lowest BCUT2D eigenvalue weighted by Gasteiger charge is -2.27. The van der Waals surface area contributed by atoms with Gasteiger partial charge in [-0.1, -0.05) is 31.5 Å². The van der Waals surface area contributed by atoms with Gasteiger partial charge in [0.15, 0.2) is 0 Å². The Balaban J connectivity index is 2.95. The Labute approximate surface area is 103 Å². The minimum Gasteiger partial charge on any atom is -0.496 e. The first-order valence-electron chi connectivity index (χ1n) is 5.81. The number of aryl methyl sites for hydroxylation is 1. The third-order valence-corrected chi connectivity index (χ3v) is 2.88. The summed E-state index contributed by atoms with van der Waals surface area (Å²) >= 11 is 0. The first kappa shape index (κ1) is 13.7. The van der Waals surface area contributed by atoms with Crippen molar-refractivity contribution in [2.24, 2.45) is 0 Å². The molecule has 0 atom stereocenters. The van der Waals surface area contributed by atoms with Gasteiger partial charge in [0, 0.05) is 17.5 Å². The molecule has 0 aliphatic rings. The van der Waals surface area contributed by atoms with E-state index in [1.165, 1.54) is 11.1 Å². The molecule has 0 heterocycles. The van der Waals surface area contributed by atoms with Crippen molar-refractivity contribution in [2.75, 3.05) is 20.2 Å². The van der Waals surface area contributed by atoms with Crippen LogP contribution in [0.2, 0.25) is 0 Å². The van der Waals surface area contributed by atoms with Crippen LogP contribution in [0.15, 0.2) is 18.2 Å². The molecule has 0 radical (unpaired) electrons. The number of hydrogen-bond acceptors (Lipinski definition) is 3. The molecule has 1 aromatic rings. The van der Waals surface area contributed by atoms with Crippen LogP contribution in [0.3, 0.4) is 0 Å². The number of methoxy groups -OCH3 is 1. The van der Waals surface area contributed by atoms with Crippen LogP contribution in [0.1, 0.15) is 25.0 Å². The summed E-state index contributed by atoms with van der Waals surface area (Å²) in [5, 5.41) is 3.12. The Morgan fingerprint density at radius 1 is 1.41 bits per heavy atom. The van der Waals surface area contributed by atoms with Crippen molar-refractivity contribution in [1.82, 2.24) is 5.32 Å². The van der Waals surface area contributed by atoms with E-state index in [9.17, 15) is 4.79 Å². The summed E-state index contributed by atoms with van der Waals surface area (Å²) in [6.45, 7) is 7.48. The molecule has 0 aromatic heterocycles. The highest BCUT2D eigenvalue weighted by atomic mass is 16.5. The highest BCUT2D eigenvalue weighted by Gasteiger charge is 2.24. The first-order valence-corrected chi connectivity index (χ1v) is 5.81. The smallest absolute Gasteiger partial charge is 0.133 e. The minimum absolute atomic E-state index is 0.0691. The lowest BCUT2D eigenvalue weighted by atomic mass is 9.83. The summed E-state index contributed by atoms with van der Waals surface area (Å²) in [7, 11) is 1.68. The molecule has 17 heavy (non-hydrogen) atoms. The molecule has 0 bridgehead atoms. The minimum atomic E-state index is -0.0691. The van der Waals surface area contributed by atoms with Crippen LogP contribution in [-0.4, -0.2) is 26.5 Å². The van der Waals surface area contributed by atoms with Gasteiger partial charge in [0.25, 0.3) is 0 Å². The van der Waals surface area contributed by atoms with E-state index >= 15 is 0 Å². The maximum Gasteiger partial charge on any atom is 0.133 e. The maximum atomic E-state index is 10.3. The van der Waals surface area contributed by atoms with Crippen molar-refractivity contribution in [3.63, 3.8) is 0 Å². The third kappa shape index (κ3) is 3.56. The molecule has 0 aliphatic heterocycles. The summed E-state index contributed by atoms with van der Waals surface area (Å²) in [6, 6.07) is 6.17. The van der Waals surface area contributed by atoms with Gasteiger partial charge >= 0.3 is 0 Å². The quantitative estimate of drug-likeness (QED) is 0.606. The molecule has 0 aliphatic carbocycles. The molecule has 0 amide bonds. The number of hydrogen-bond donors (Lipinski definition) is 1. The van der Waals surface area contributed by atoms with Crippen LogP contribution in [0.25, 0.3) is 0 Å². The Hall–Kier alpha value is -1.35. The van der Waals surface area contributed by atoms with Crippen molar-refractivity contribution >= 4 is 6.29 Å². The number of nitrogens with one attached hydrogen (secondary N) is 1. The Bertz CT molecular complexity index is 386. The number of aldehydes is 1. The second-order valence-corrected chi connectivity index (χ2v) is 4.89. The zero-order valence-corrected chi connectivity index (χ0v) is 11.0.